The number of β-amino-alcohol motifs (C(OH)–C–C–N with tert-alkyl or cyclic N) is 1. The van der Waals surface area contributed by atoms with Crippen LogP contribution in [0.4, 0.5) is 0 Å². The summed E-state index contributed by atoms with van der Waals surface area (Å²) in [5.74, 6) is 1.51. The summed E-state index contributed by atoms with van der Waals surface area (Å²) < 4.78 is 11.3. The fraction of sp³-hybridized carbons (Fsp3) is 0.333. The minimum Gasteiger partial charge on any atom is -0.488 e. The number of carbonyl (C=O) groups is 1. The van der Waals surface area contributed by atoms with Crippen molar-refractivity contribution in [2.45, 2.75) is 38.3 Å². The molecule has 0 unspecified atom stereocenters. The van der Waals surface area contributed by atoms with Crippen LogP contribution in [0.2, 0.25) is 0 Å². The van der Waals surface area contributed by atoms with E-state index in [9.17, 15) is 9.90 Å². The average molecular weight is 439 g/mol. The summed E-state index contributed by atoms with van der Waals surface area (Å²) in [6.07, 6.45) is 4.38. The van der Waals surface area contributed by atoms with E-state index in [2.05, 4.69) is 29.4 Å². The van der Waals surface area contributed by atoms with Crippen molar-refractivity contribution in [3.05, 3.63) is 72.1 Å². The zero-order chi connectivity index (χ0) is 23.0. The molecule has 1 amide bonds. The number of aryl methyl sites for hydroxylation is 1. The molecule has 0 saturated heterocycles. The van der Waals surface area contributed by atoms with Gasteiger partial charge in [-0.3, -0.25) is 9.89 Å². The van der Waals surface area contributed by atoms with E-state index in [4.69, 9.17) is 15.2 Å². The minimum atomic E-state index is -0.613. The number of rotatable bonds is 12. The number of benzene rings is 2. The standard InChI is InChI=1S/C24H30N4O4/c1-24(2,26-13-19(29)16-31-22-14-27-28-15-22)12-11-17-3-7-20(8-4-17)32-21-9-5-18(6-10-21)23(25)30/h3-10,14-15,19,26,29H,11-13,16H2,1-2H3,(H2,25,30)(H,27,28)/t19-/m0/s1. The lowest BCUT2D eigenvalue weighted by molar-refractivity contribution is 0.0982. The maximum Gasteiger partial charge on any atom is 0.248 e. The molecule has 32 heavy (non-hydrogen) atoms. The van der Waals surface area contributed by atoms with Gasteiger partial charge in [-0.1, -0.05) is 12.1 Å². The predicted octanol–water partition coefficient (Wildman–Crippen LogP) is 3.04. The van der Waals surface area contributed by atoms with Gasteiger partial charge >= 0.3 is 0 Å². The SMILES string of the molecule is CC(C)(CCc1ccc(Oc2ccc(C(N)=O)cc2)cc1)NC[C@H](O)COc1cn[nH]c1. The zero-order valence-electron chi connectivity index (χ0n) is 18.4. The topological polar surface area (TPSA) is 122 Å². The zero-order valence-corrected chi connectivity index (χ0v) is 18.4. The van der Waals surface area contributed by atoms with Gasteiger partial charge < -0.3 is 25.6 Å². The molecule has 0 saturated carbocycles. The number of ether oxygens (including phenoxy) is 2. The first kappa shape index (κ1) is 23.3. The predicted molar refractivity (Wildman–Crippen MR) is 122 cm³/mol. The maximum atomic E-state index is 11.1. The van der Waals surface area contributed by atoms with Gasteiger partial charge in [0.25, 0.3) is 0 Å². The van der Waals surface area contributed by atoms with Crippen molar-refractivity contribution in [1.29, 1.82) is 0 Å². The third-order valence-electron chi connectivity index (χ3n) is 5.07. The highest BCUT2D eigenvalue weighted by atomic mass is 16.5. The van der Waals surface area contributed by atoms with Gasteiger partial charge in [-0.2, -0.15) is 5.10 Å². The average Bonchev–Trinajstić information content (AvgIpc) is 3.30. The van der Waals surface area contributed by atoms with Crippen molar-refractivity contribution in [3.8, 4) is 17.2 Å². The highest BCUT2D eigenvalue weighted by molar-refractivity contribution is 5.92. The fourth-order valence-corrected chi connectivity index (χ4v) is 3.06. The Morgan fingerprint density at radius 1 is 1.12 bits per heavy atom. The number of H-pyrrole nitrogens is 1. The number of hydrogen-bond acceptors (Lipinski definition) is 6. The molecule has 0 aliphatic carbocycles. The van der Waals surface area contributed by atoms with E-state index < -0.39 is 12.0 Å². The van der Waals surface area contributed by atoms with E-state index in [0.717, 1.165) is 18.6 Å². The highest BCUT2D eigenvalue weighted by Crippen LogP contribution is 2.23. The van der Waals surface area contributed by atoms with Crippen LogP contribution in [0.5, 0.6) is 17.2 Å². The highest BCUT2D eigenvalue weighted by Gasteiger charge is 2.19. The molecule has 5 N–H and O–H groups in total. The molecule has 1 atom stereocenters. The van der Waals surface area contributed by atoms with Crippen LogP contribution in [0.1, 0.15) is 36.2 Å². The Kier molecular flexibility index (Phi) is 7.86. The molecule has 8 heteroatoms. The quantitative estimate of drug-likeness (QED) is 0.345. The van der Waals surface area contributed by atoms with Gasteiger partial charge in [0.05, 0.1) is 12.4 Å². The van der Waals surface area contributed by atoms with Gasteiger partial charge in [-0.05, 0) is 68.7 Å². The first-order chi connectivity index (χ1) is 15.3. The second-order valence-corrected chi connectivity index (χ2v) is 8.30. The van der Waals surface area contributed by atoms with Crippen LogP contribution in [-0.4, -0.2) is 46.0 Å². The van der Waals surface area contributed by atoms with Crippen LogP contribution < -0.4 is 20.5 Å². The van der Waals surface area contributed by atoms with Crippen LogP contribution in [-0.2, 0) is 6.42 Å². The first-order valence-electron chi connectivity index (χ1n) is 10.5. The third kappa shape index (κ3) is 7.40. The van der Waals surface area contributed by atoms with Crippen molar-refractivity contribution >= 4 is 5.91 Å². The molecule has 0 spiro atoms. The van der Waals surface area contributed by atoms with Crippen molar-refractivity contribution in [1.82, 2.24) is 15.5 Å². The number of hydrogen-bond donors (Lipinski definition) is 4. The van der Waals surface area contributed by atoms with E-state index in [0.29, 0.717) is 23.6 Å². The molecule has 0 fully saturated rings. The lowest BCUT2D eigenvalue weighted by atomic mass is 9.95. The van der Waals surface area contributed by atoms with Crippen LogP contribution in [0.3, 0.4) is 0 Å². The van der Waals surface area contributed by atoms with Crippen molar-refractivity contribution in [2.24, 2.45) is 5.73 Å². The Bertz CT molecular complexity index is 970. The summed E-state index contributed by atoms with van der Waals surface area (Å²) in [5, 5.41) is 20.0. The molecule has 1 aromatic heterocycles. The maximum absolute atomic E-state index is 11.1. The van der Waals surface area contributed by atoms with E-state index in [1.807, 2.05) is 24.3 Å². The Hall–Kier alpha value is -3.36. The molecular formula is C24H30N4O4. The monoisotopic (exact) mass is 438 g/mol. The normalized spacial score (nSPS) is 12.3. The van der Waals surface area contributed by atoms with Crippen molar-refractivity contribution < 1.29 is 19.4 Å². The molecule has 170 valence electrons. The summed E-state index contributed by atoms with van der Waals surface area (Å²) in [4.78, 5) is 11.1. The van der Waals surface area contributed by atoms with Crippen molar-refractivity contribution in [3.63, 3.8) is 0 Å². The Labute approximate surface area is 187 Å². The van der Waals surface area contributed by atoms with Crippen LogP contribution in [0.25, 0.3) is 0 Å². The molecule has 0 bridgehead atoms. The number of aliphatic hydroxyl groups is 1. The molecule has 3 rings (SSSR count). The van der Waals surface area contributed by atoms with E-state index in [-0.39, 0.29) is 12.1 Å². The number of nitrogens with one attached hydrogen (secondary N) is 2. The van der Waals surface area contributed by atoms with Crippen LogP contribution in [0.15, 0.2) is 60.9 Å². The molecule has 0 aliphatic rings. The lowest BCUT2D eigenvalue weighted by Gasteiger charge is -2.28. The number of aromatic nitrogens is 2. The van der Waals surface area contributed by atoms with Gasteiger partial charge in [0.15, 0.2) is 5.75 Å². The Balaban J connectivity index is 1.41. The molecular weight excluding hydrogens is 408 g/mol. The Morgan fingerprint density at radius 3 is 2.38 bits per heavy atom. The second-order valence-electron chi connectivity index (χ2n) is 8.30. The molecule has 2 aromatic carbocycles. The van der Waals surface area contributed by atoms with Crippen LogP contribution in [0, 0.1) is 0 Å². The molecule has 8 nitrogen and oxygen atoms in total. The van der Waals surface area contributed by atoms with Gasteiger partial charge in [0, 0.05) is 17.6 Å². The van der Waals surface area contributed by atoms with Crippen LogP contribution >= 0.6 is 0 Å². The number of nitrogens with two attached hydrogens (primary N) is 1. The number of carbonyl (C=O) groups excluding carboxylic acids is 1. The molecule has 0 radical (unpaired) electrons. The summed E-state index contributed by atoms with van der Waals surface area (Å²) in [6.45, 7) is 4.87. The Morgan fingerprint density at radius 2 is 1.78 bits per heavy atom. The number of primary amides is 1. The summed E-state index contributed by atoms with van der Waals surface area (Å²) in [5.41, 5.74) is 6.75. The smallest absolute Gasteiger partial charge is 0.248 e. The number of aliphatic hydroxyl groups excluding tert-OH is 1. The first-order valence-corrected chi connectivity index (χ1v) is 10.5. The fourth-order valence-electron chi connectivity index (χ4n) is 3.06. The van der Waals surface area contributed by atoms with Gasteiger partial charge in [-0.25, -0.2) is 0 Å². The molecule has 1 heterocycles. The largest absolute Gasteiger partial charge is 0.488 e. The second kappa shape index (κ2) is 10.8. The molecule has 3 aromatic rings. The van der Waals surface area contributed by atoms with Gasteiger partial charge in [0.1, 0.15) is 24.2 Å². The van der Waals surface area contributed by atoms with Gasteiger partial charge in [0.2, 0.25) is 5.91 Å². The summed E-state index contributed by atoms with van der Waals surface area (Å²) in [6, 6.07) is 14.6. The molecule has 0 aliphatic heterocycles. The lowest BCUT2D eigenvalue weighted by Crippen LogP contribution is -2.45. The summed E-state index contributed by atoms with van der Waals surface area (Å²) >= 11 is 0. The number of amides is 1. The van der Waals surface area contributed by atoms with Gasteiger partial charge in [-0.15, -0.1) is 0 Å². The van der Waals surface area contributed by atoms with Crippen molar-refractivity contribution in [2.75, 3.05) is 13.2 Å². The summed E-state index contributed by atoms with van der Waals surface area (Å²) in [7, 11) is 0. The van der Waals surface area contributed by atoms with E-state index >= 15 is 0 Å². The third-order valence-corrected chi connectivity index (χ3v) is 5.07. The van der Waals surface area contributed by atoms with E-state index in [1.165, 1.54) is 5.56 Å². The number of nitrogens with zero attached hydrogens (tertiary/aromatic N) is 1. The number of aromatic amines is 1. The minimum absolute atomic E-state index is 0.145. The van der Waals surface area contributed by atoms with E-state index in [1.54, 1.807) is 36.7 Å².